The zero-order valence-corrected chi connectivity index (χ0v) is 13.4. The first-order valence-corrected chi connectivity index (χ1v) is 7.44. The summed E-state index contributed by atoms with van der Waals surface area (Å²) in [4.78, 5) is 14.1. The number of para-hydroxylation sites is 1. The van der Waals surface area contributed by atoms with Gasteiger partial charge in [-0.05, 0) is 31.4 Å². The molecule has 0 unspecified atom stereocenters. The summed E-state index contributed by atoms with van der Waals surface area (Å²) < 4.78 is 0. The number of amides is 1. The molecular formula is C17H23N3O2. The quantitative estimate of drug-likeness (QED) is 0.598. The van der Waals surface area contributed by atoms with Crippen molar-refractivity contribution < 1.29 is 9.90 Å². The molecule has 0 heterocycles. The topological polar surface area (TPSA) is 76.4 Å². The fraction of sp³-hybridized carbons (Fsp3) is 0.412. The minimum Gasteiger partial charge on any atom is -0.395 e. The molecule has 1 aromatic carbocycles. The Labute approximate surface area is 131 Å². The Hall–Kier alpha value is -2.32. The average Bonchev–Trinajstić information content (AvgIpc) is 2.53. The van der Waals surface area contributed by atoms with Gasteiger partial charge in [0.05, 0.1) is 6.61 Å². The predicted octanol–water partition coefficient (Wildman–Crippen LogP) is 2.22. The molecule has 1 rings (SSSR count). The van der Waals surface area contributed by atoms with Crippen molar-refractivity contribution in [1.82, 2.24) is 4.90 Å². The van der Waals surface area contributed by atoms with E-state index in [1.54, 1.807) is 4.90 Å². The van der Waals surface area contributed by atoms with Gasteiger partial charge < -0.3 is 15.3 Å². The lowest BCUT2D eigenvalue weighted by Gasteiger charge is -2.17. The molecule has 0 radical (unpaired) electrons. The second-order valence-corrected chi connectivity index (χ2v) is 4.92. The Morgan fingerprint density at radius 2 is 2.18 bits per heavy atom. The lowest BCUT2D eigenvalue weighted by Crippen LogP contribution is -2.24. The van der Waals surface area contributed by atoms with Gasteiger partial charge in [-0.25, -0.2) is 0 Å². The van der Waals surface area contributed by atoms with E-state index in [9.17, 15) is 10.1 Å². The van der Waals surface area contributed by atoms with Crippen LogP contribution >= 0.6 is 0 Å². The summed E-state index contributed by atoms with van der Waals surface area (Å²) in [6.45, 7) is 6.82. The molecule has 0 aliphatic rings. The van der Waals surface area contributed by atoms with Crippen LogP contribution in [-0.4, -0.2) is 35.6 Å². The SMILES string of the molecule is CCc1cccc(C)c1NC(=O)/C(C#N)=C\N(CC)CCO. The number of hydrogen-bond donors (Lipinski definition) is 2. The number of nitriles is 1. The van der Waals surface area contributed by atoms with Crippen molar-refractivity contribution in [1.29, 1.82) is 5.26 Å². The van der Waals surface area contributed by atoms with Gasteiger partial charge in [-0.2, -0.15) is 5.26 Å². The van der Waals surface area contributed by atoms with Gasteiger partial charge in [-0.15, -0.1) is 0 Å². The summed E-state index contributed by atoms with van der Waals surface area (Å²) in [5.41, 5.74) is 2.79. The van der Waals surface area contributed by atoms with Crippen molar-refractivity contribution in [2.24, 2.45) is 0 Å². The highest BCUT2D eigenvalue weighted by Gasteiger charge is 2.14. The van der Waals surface area contributed by atoms with E-state index >= 15 is 0 Å². The van der Waals surface area contributed by atoms with Gasteiger partial charge in [0.2, 0.25) is 0 Å². The normalized spacial score (nSPS) is 11.0. The van der Waals surface area contributed by atoms with Gasteiger partial charge in [0.15, 0.2) is 0 Å². The molecule has 5 heteroatoms. The molecule has 0 aromatic heterocycles. The van der Waals surface area contributed by atoms with E-state index in [0.29, 0.717) is 13.1 Å². The molecule has 0 bridgehead atoms. The number of nitrogens with zero attached hydrogens (tertiary/aromatic N) is 2. The zero-order valence-electron chi connectivity index (χ0n) is 13.4. The van der Waals surface area contributed by atoms with Crippen molar-refractivity contribution in [3.05, 3.63) is 41.1 Å². The van der Waals surface area contributed by atoms with Crippen LogP contribution in [0.15, 0.2) is 30.0 Å². The highest BCUT2D eigenvalue weighted by atomic mass is 16.3. The zero-order chi connectivity index (χ0) is 16.5. The van der Waals surface area contributed by atoms with Gasteiger partial charge in [0.25, 0.3) is 5.91 Å². The minimum atomic E-state index is -0.428. The van der Waals surface area contributed by atoms with E-state index in [0.717, 1.165) is 23.2 Å². The molecule has 0 spiro atoms. The summed E-state index contributed by atoms with van der Waals surface area (Å²) >= 11 is 0. The van der Waals surface area contributed by atoms with Gasteiger partial charge >= 0.3 is 0 Å². The van der Waals surface area contributed by atoms with E-state index in [1.807, 2.05) is 45.0 Å². The van der Waals surface area contributed by atoms with Gasteiger partial charge in [-0.1, -0.05) is 25.1 Å². The van der Waals surface area contributed by atoms with E-state index in [-0.39, 0.29) is 12.2 Å². The van der Waals surface area contributed by atoms with Crippen molar-refractivity contribution in [2.45, 2.75) is 27.2 Å². The number of likely N-dealkylation sites (N-methyl/N-ethyl adjacent to an activating group) is 1. The maximum atomic E-state index is 12.3. The fourth-order valence-corrected chi connectivity index (χ4v) is 2.15. The number of carbonyl (C=O) groups is 1. The molecule has 5 nitrogen and oxygen atoms in total. The van der Waals surface area contributed by atoms with Crippen LogP contribution in [-0.2, 0) is 11.2 Å². The summed E-state index contributed by atoms with van der Waals surface area (Å²) in [5, 5.41) is 21.0. The molecule has 0 atom stereocenters. The number of benzene rings is 1. The summed E-state index contributed by atoms with van der Waals surface area (Å²) in [6, 6.07) is 7.76. The highest BCUT2D eigenvalue weighted by Crippen LogP contribution is 2.21. The van der Waals surface area contributed by atoms with Gasteiger partial charge in [0.1, 0.15) is 11.6 Å². The first-order valence-electron chi connectivity index (χ1n) is 7.44. The van der Waals surface area contributed by atoms with Crippen LogP contribution in [0, 0.1) is 18.3 Å². The molecule has 0 aliphatic heterocycles. The molecule has 1 aromatic rings. The van der Waals surface area contributed by atoms with Crippen LogP contribution < -0.4 is 5.32 Å². The molecule has 0 fully saturated rings. The number of rotatable bonds is 7. The third kappa shape index (κ3) is 4.61. The average molecular weight is 301 g/mol. The van der Waals surface area contributed by atoms with Crippen LogP contribution in [0.3, 0.4) is 0 Å². The number of nitrogens with one attached hydrogen (secondary N) is 1. The first-order chi connectivity index (χ1) is 10.6. The summed E-state index contributed by atoms with van der Waals surface area (Å²) in [7, 11) is 0. The maximum absolute atomic E-state index is 12.3. The smallest absolute Gasteiger partial charge is 0.267 e. The standard InChI is InChI=1S/C17H23N3O2/c1-4-14-8-6-7-13(3)16(14)19-17(22)15(11-18)12-20(5-2)9-10-21/h6-8,12,21H,4-5,9-10H2,1-3H3,(H,19,22)/b15-12-. The Balaban J connectivity index is 3.00. The Kier molecular flexibility index (Phi) is 7.14. The molecular weight excluding hydrogens is 278 g/mol. The molecule has 22 heavy (non-hydrogen) atoms. The Bertz CT molecular complexity index is 588. The van der Waals surface area contributed by atoms with Crippen LogP contribution in [0.25, 0.3) is 0 Å². The Morgan fingerprint density at radius 1 is 1.45 bits per heavy atom. The molecule has 0 saturated carbocycles. The minimum absolute atomic E-state index is 0.0254. The van der Waals surface area contributed by atoms with Crippen LogP contribution in [0.5, 0.6) is 0 Å². The lowest BCUT2D eigenvalue weighted by atomic mass is 10.1. The third-order valence-electron chi connectivity index (χ3n) is 3.45. The lowest BCUT2D eigenvalue weighted by molar-refractivity contribution is -0.112. The van der Waals surface area contributed by atoms with Crippen molar-refractivity contribution in [3.63, 3.8) is 0 Å². The summed E-state index contributed by atoms with van der Waals surface area (Å²) in [5.74, 6) is -0.428. The largest absolute Gasteiger partial charge is 0.395 e. The molecule has 118 valence electrons. The van der Waals surface area contributed by atoms with Crippen molar-refractivity contribution in [3.8, 4) is 6.07 Å². The van der Waals surface area contributed by atoms with Crippen LogP contribution in [0.2, 0.25) is 0 Å². The second-order valence-electron chi connectivity index (χ2n) is 4.92. The third-order valence-corrected chi connectivity index (χ3v) is 3.45. The Morgan fingerprint density at radius 3 is 2.73 bits per heavy atom. The first kappa shape index (κ1) is 17.7. The number of anilines is 1. The van der Waals surface area contributed by atoms with Gasteiger partial charge in [0, 0.05) is 25.0 Å². The number of aliphatic hydroxyl groups is 1. The van der Waals surface area contributed by atoms with Crippen molar-refractivity contribution >= 4 is 11.6 Å². The maximum Gasteiger partial charge on any atom is 0.267 e. The second kappa shape index (κ2) is 8.85. The number of aliphatic hydroxyl groups excluding tert-OH is 1. The molecule has 1 amide bonds. The molecule has 2 N–H and O–H groups in total. The number of aryl methyl sites for hydroxylation is 2. The van der Waals surface area contributed by atoms with Crippen LogP contribution in [0.4, 0.5) is 5.69 Å². The fourth-order valence-electron chi connectivity index (χ4n) is 2.15. The van der Waals surface area contributed by atoms with E-state index in [4.69, 9.17) is 5.11 Å². The highest BCUT2D eigenvalue weighted by molar-refractivity contribution is 6.07. The number of hydrogen-bond acceptors (Lipinski definition) is 4. The van der Waals surface area contributed by atoms with Crippen LogP contribution in [0.1, 0.15) is 25.0 Å². The van der Waals surface area contributed by atoms with E-state index < -0.39 is 5.91 Å². The van der Waals surface area contributed by atoms with E-state index in [2.05, 4.69) is 5.32 Å². The summed E-state index contributed by atoms with van der Waals surface area (Å²) in [6.07, 6.45) is 2.30. The van der Waals surface area contributed by atoms with E-state index in [1.165, 1.54) is 6.20 Å². The van der Waals surface area contributed by atoms with Crippen molar-refractivity contribution in [2.75, 3.05) is 25.0 Å². The monoisotopic (exact) mass is 301 g/mol. The molecule has 0 aliphatic carbocycles. The van der Waals surface area contributed by atoms with Gasteiger partial charge in [-0.3, -0.25) is 4.79 Å². The molecule has 0 saturated heterocycles. The predicted molar refractivity (Wildman–Crippen MR) is 87.2 cm³/mol. The number of carbonyl (C=O) groups excluding carboxylic acids is 1.